The maximum atomic E-state index is 6.08. The van der Waals surface area contributed by atoms with Crippen molar-refractivity contribution in [1.82, 2.24) is 9.97 Å². The first kappa shape index (κ1) is 12.7. The minimum Gasteiger partial charge on any atom is -0.338 e. The lowest BCUT2D eigenvalue weighted by atomic mass is 10.1. The van der Waals surface area contributed by atoms with Crippen molar-refractivity contribution in [1.29, 1.82) is 0 Å². The molecule has 0 aliphatic carbocycles. The molecule has 3 rings (SSSR count). The number of imidazole rings is 1. The number of aromatic amines is 1. The standard InChI is InChI=1S/C15H12BrClN2/c1-8-3-9(2)14-13(4-8)18-15(19-14)10-5-11(16)7-12(17)6-10/h3-7H,1-2H3,(H,18,19). The molecule has 1 N–H and O–H groups in total. The van der Waals surface area contributed by atoms with Gasteiger partial charge in [-0.05, 0) is 49.2 Å². The Hall–Kier alpha value is -1.32. The first-order chi connectivity index (χ1) is 9.02. The minimum atomic E-state index is 0.692. The number of nitrogens with one attached hydrogen (secondary N) is 1. The van der Waals surface area contributed by atoms with E-state index in [9.17, 15) is 0 Å². The molecule has 0 spiro atoms. The van der Waals surface area contributed by atoms with Crippen LogP contribution in [0.1, 0.15) is 11.1 Å². The molecular formula is C15H12BrClN2. The average molecular weight is 336 g/mol. The second-order valence-corrected chi connectivity index (χ2v) is 6.07. The fourth-order valence-electron chi connectivity index (χ4n) is 2.30. The second kappa shape index (κ2) is 4.66. The molecule has 96 valence electrons. The highest BCUT2D eigenvalue weighted by Crippen LogP contribution is 2.28. The van der Waals surface area contributed by atoms with Crippen LogP contribution in [0.2, 0.25) is 5.02 Å². The van der Waals surface area contributed by atoms with Crippen LogP contribution in [0.25, 0.3) is 22.4 Å². The fraction of sp³-hybridized carbons (Fsp3) is 0.133. The fourth-order valence-corrected chi connectivity index (χ4v) is 3.16. The predicted octanol–water partition coefficient (Wildman–Crippen LogP) is 5.26. The van der Waals surface area contributed by atoms with Gasteiger partial charge >= 0.3 is 0 Å². The number of rotatable bonds is 1. The van der Waals surface area contributed by atoms with Crippen molar-refractivity contribution < 1.29 is 0 Å². The molecule has 19 heavy (non-hydrogen) atoms. The summed E-state index contributed by atoms with van der Waals surface area (Å²) in [5.41, 5.74) is 5.46. The molecule has 0 fully saturated rings. The SMILES string of the molecule is Cc1cc(C)c2nc(-c3cc(Cl)cc(Br)c3)[nH]c2c1. The third kappa shape index (κ3) is 2.40. The maximum Gasteiger partial charge on any atom is 0.138 e. The number of aryl methyl sites for hydroxylation is 2. The number of aromatic nitrogens is 2. The lowest BCUT2D eigenvalue weighted by Gasteiger charge is -1.99. The number of hydrogen-bond donors (Lipinski definition) is 1. The summed E-state index contributed by atoms with van der Waals surface area (Å²) in [5, 5.41) is 0.692. The van der Waals surface area contributed by atoms with Crippen LogP contribution in [0.5, 0.6) is 0 Å². The van der Waals surface area contributed by atoms with Gasteiger partial charge in [-0.2, -0.15) is 0 Å². The van der Waals surface area contributed by atoms with Gasteiger partial charge in [0.1, 0.15) is 5.82 Å². The smallest absolute Gasteiger partial charge is 0.138 e. The van der Waals surface area contributed by atoms with E-state index in [1.807, 2.05) is 18.2 Å². The molecule has 0 bridgehead atoms. The highest BCUT2D eigenvalue weighted by atomic mass is 79.9. The van der Waals surface area contributed by atoms with Gasteiger partial charge in [-0.25, -0.2) is 4.98 Å². The number of benzene rings is 2. The van der Waals surface area contributed by atoms with E-state index in [0.717, 1.165) is 26.9 Å². The van der Waals surface area contributed by atoms with Gasteiger partial charge in [-0.15, -0.1) is 0 Å². The zero-order chi connectivity index (χ0) is 13.6. The molecular weight excluding hydrogens is 324 g/mol. The van der Waals surface area contributed by atoms with E-state index in [2.05, 4.69) is 51.9 Å². The summed E-state index contributed by atoms with van der Waals surface area (Å²) < 4.78 is 0.948. The predicted molar refractivity (Wildman–Crippen MR) is 83.7 cm³/mol. The van der Waals surface area contributed by atoms with Crippen molar-refractivity contribution in [2.24, 2.45) is 0 Å². The van der Waals surface area contributed by atoms with E-state index in [4.69, 9.17) is 11.6 Å². The zero-order valence-electron chi connectivity index (χ0n) is 10.6. The molecule has 0 unspecified atom stereocenters. The highest BCUT2D eigenvalue weighted by Gasteiger charge is 2.09. The molecule has 0 aliphatic rings. The van der Waals surface area contributed by atoms with Gasteiger partial charge in [0, 0.05) is 15.1 Å². The molecule has 0 saturated heterocycles. The monoisotopic (exact) mass is 334 g/mol. The van der Waals surface area contributed by atoms with Gasteiger partial charge in [0.05, 0.1) is 11.0 Å². The Bertz CT molecular complexity index is 757. The normalized spacial score (nSPS) is 11.2. The molecule has 0 aliphatic heterocycles. The van der Waals surface area contributed by atoms with Crippen molar-refractivity contribution in [2.45, 2.75) is 13.8 Å². The third-order valence-corrected chi connectivity index (χ3v) is 3.73. The van der Waals surface area contributed by atoms with Crippen molar-refractivity contribution in [2.75, 3.05) is 0 Å². The lowest BCUT2D eigenvalue weighted by Crippen LogP contribution is -1.81. The molecule has 3 aromatic rings. The van der Waals surface area contributed by atoms with Gasteiger partial charge in [0.2, 0.25) is 0 Å². The van der Waals surface area contributed by atoms with Crippen molar-refractivity contribution in [3.63, 3.8) is 0 Å². The Morgan fingerprint density at radius 3 is 2.63 bits per heavy atom. The van der Waals surface area contributed by atoms with Gasteiger partial charge in [-0.1, -0.05) is 33.6 Å². The van der Waals surface area contributed by atoms with E-state index in [1.165, 1.54) is 11.1 Å². The van der Waals surface area contributed by atoms with Crippen molar-refractivity contribution in [3.05, 3.63) is 51.0 Å². The van der Waals surface area contributed by atoms with Gasteiger partial charge < -0.3 is 4.98 Å². The van der Waals surface area contributed by atoms with Crippen LogP contribution >= 0.6 is 27.5 Å². The Kier molecular flexibility index (Phi) is 3.11. The number of halogens is 2. The van der Waals surface area contributed by atoms with Crippen LogP contribution in [0, 0.1) is 13.8 Å². The Balaban J connectivity index is 2.23. The molecule has 2 nitrogen and oxygen atoms in total. The Morgan fingerprint density at radius 2 is 1.89 bits per heavy atom. The third-order valence-electron chi connectivity index (χ3n) is 3.06. The highest BCUT2D eigenvalue weighted by molar-refractivity contribution is 9.10. The molecule has 1 heterocycles. The first-order valence-corrected chi connectivity index (χ1v) is 7.13. The van der Waals surface area contributed by atoms with Crippen molar-refractivity contribution in [3.8, 4) is 11.4 Å². The maximum absolute atomic E-state index is 6.08. The van der Waals surface area contributed by atoms with E-state index in [0.29, 0.717) is 5.02 Å². The number of hydrogen-bond acceptors (Lipinski definition) is 1. The summed E-state index contributed by atoms with van der Waals surface area (Å²) >= 11 is 9.54. The van der Waals surface area contributed by atoms with Crippen LogP contribution < -0.4 is 0 Å². The molecule has 2 aromatic carbocycles. The average Bonchev–Trinajstić information content (AvgIpc) is 2.71. The van der Waals surface area contributed by atoms with Crippen molar-refractivity contribution >= 4 is 38.6 Å². The summed E-state index contributed by atoms with van der Waals surface area (Å²) in [6, 6.07) is 10.0. The molecule has 0 saturated carbocycles. The molecule has 0 radical (unpaired) electrons. The van der Waals surface area contributed by atoms with Crippen LogP contribution in [-0.4, -0.2) is 9.97 Å². The summed E-state index contributed by atoms with van der Waals surface area (Å²) in [6.45, 7) is 4.16. The Morgan fingerprint density at radius 1 is 1.11 bits per heavy atom. The largest absolute Gasteiger partial charge is 0.338 e. The molecule has 4 heteroatoms. The summed E-state index contributed by atoms with van der Waals surface area (Å²) in [4.78, 5) is 8.03. The number of H-pyrrole nitrogens is 1. The first-order valence-electron chi connectivity index (χ1n) is 5.96. The van der Waals surface area contributed by atoms with E-state index in [1.54, 1.807) is 0 Å². The summed E-state index contributed by atoms with van der Waals surface area (Å²) in [5.74, 6) is 0.840. The topological polar surface area (TPSA) is 28.7 Å². The lowest BCUT2D eigenvalue weighted by molar-refractivity contribution is 1.33. The summed E-state index contributed by atoms with van der Waals surface area (Å²) in [6.07, 6.45) is 0. The second-order valence-electron chi connectivity index (χ2n) is 4.72. The molecule has 0 amide bonds. The number of fused-ring (bicyclic) bond motifs is 1. The van der Waals surface area contributed by atoms with E-state index < -0.39 is 0 Å². The molecule has 1 aromatic heterocycles. The zero-order valence-corrected chi connectivity index (χ0v) is 12.9. The summed E-state index contributed by atoms with van der Waals surface area (Å²) in [7, 11) is 0. The van der Waals surface area contributed by atoms with Crippen LogP contribution in [0.4, 0.5) is 0 Å². The van der Waals surface area contributed by atoms with E-state index in [-0.39, 0.29) is 0 Å². The van der Waals surface area contributed by atoms with Crippen LogP contribution in [-0.2, 0) is 0 Å². The molecule has 0 atom stereocenters. The van der Waals surface area contributed by atoms with Gasteiger partial charge in [0.25, 0.3) is 0 Å². The quantitative estimate of drug-likeness (QED) is 0.645. The van der Waals surface area contributed by atoms with Crippen LogP contribution in [0.3, 0.4) is 0 Å². The van der Waals surface area contributed by atoms with Gasteiger partial charge in [0.15, 0.2) is 0 Å². The van der Waals surface area contributed by atoms with E-state index >= 15 is 0 Å². The minimum absolute atomic E-state index is 0.692. The Labute approximate surface area is 124 Å². The van der Waals surface area contributed by atoms with Gasteiger partial charge in [-0.3, -0.25) is 0 Å². The number of nitrogens with zero attached hydrogens (tertiary/aromatic N) is 1. The van der Waals surface area contributed by atoms with Crippen LogP contribution in [0.15, 0.2) is 34.8 Å².